The van der Waals surface area contributed by atoms with Crippen molar-refractivity contribution >= 4 is 17.4 Å². The first-order valence-electron chi connectivity index (χ1n) is 6.19. The summed E-state index contributed by atoms with van der Waals surface area (Å²) in [6.07, 6.45) is 1.74. The van der Waals surface area contributed by atoms with Gasteiger partial charge in [0.2, 0.25) is 11.3 Å². The summed E-state index contributed by atoms with van der Waals surface area (Å²) in [6.45, 7) is 3.64. The predicted octanol–water partition coefficient (Wildman–Crippen LogP) is 1.82. The molecule has 1 unspecified atom stereocenters. The van der Waals surface area contributed by atoms with Gasteiger partial charge >= 0.3 is 5.97 Å². The van der Waals surface area contributed by atoms with E-state index < -0.39 is 11.5 Å². The van der Waals surface area contributed by atoms with Gasteiger partial charge in [-0.15, -0.1) is 6.58 Å². The number of hydrogen-bond acceptors (Lipinski definition) is 5. The molecule has 0 aromatic heterocycles. The number of likely N-dealkylation sites (N-methyl/N-ethyl adjacent to an activating group) is 1. The molecule has 0 bridgehead atoms. The van der Waals surface area contributed by atoms with Crippen LogP contribution in [0.1, 0.15) is 16.8 Å². The van der Waals surface area contributed by atoms with E-state index in [4.69, 9.17) is 9.47 Å². The lowest BCUT2D eigenvalue weighted by molar-refractivity contribution is -0.144. The van der Waals surface area contributed by atoms with Gasteiger partial charge in [-0.1, -0.05) is 6.08 Å². The number of esters is 1. The SMILES string of the molecule is C=CCC1(C(=O)OC)C(=O)c2ccc(OC)cc2N1C. The Morgan fingerprint density at radius 1 is 1.45 bits per heavy atom. The van der Waals surface area contributed by atoms with Crippen molar-refractivity contribution in [1.82, 2.24) is 0 Å². The van der Waals surface area contributed by atoms with Crippen molar-refractivity contribution in [2.45, 2.75) is 12.0 Å². The van der Waals surface area contributed by atoms with Gasteiger partial charge in [-0.2, -0.15) is 0 Å². The van der Waals surface area contributed by atoms with Crippen molar-refractivity contribution in [2.24, 2.45) is 0 Å². The van der Waals surface area contributed by atoms with E-state index in [1.807, 2.05) is 0 Å². The van der Waals surface area contributed by atoms with E-state index in [-0.39, 0.29) is 12.2 Å². The summed E-state index contributed by atoms with van der Waals surface area (Å²) < 4.78 is 10.0. The Hall–Kier alpha value is -2.30. The normalized spacial score (nSPS) is 20.6. The first-order valence-corrected chi connectivity index (χ1v) is 6.19. The van der Waals surface area contributed by atoms with Crippen LogP contribution in [0.2, 0.25) is 0 Å². The third-order valence-electron chi connectivity index (χ3n) is 3.72. The van der Waals surface area contributed by atoms with Crippen molar-refractivity contribution in [3.8, 4) is 5.75 Å². The van der Waals surface area contributed by atoms with Gasteiger partial charge in [0.05, 0.1) is 19.9 Å². The molecule has 0 amide bonds. The van der Waals surface area contributed by atoms with Crippen LogP contribution in [0, 0.1) is 0 Å². The van der Waals surface area contributed by atoms with E-state index in [0.29, 0.717) is 17.0 Å². The Balaban J connectivity index is 2.61. The van der Waals surface area contributed by atoms with Gasteiger partial charge in [-0.25, -0.2) is 4.79 Å². The van der Waals surface area contributed by atoms with Gasteiger partial charge in [0, 0.05) is 25.1 Å². The van der Waals surface area contributed by atoms with E-state index in [0.717, 1.165) is 0 Å². The molecule has 0 saturated carbocycles. The smallest absolute Gasteiger partial charge is 0.340 e. The van der Waals surface area contributed by atoms with E-state index in [1.54, 1.807) is 43.3 Å². The fourth-order valence-corrected chi connectivity index (χ4v) is 2.61. The molecular formula is C15H17NO4. The van der Waals surface area contributed by atoms with Gasteiger partial charge in [-0.3, -0.25) is 4.79 Å². The van der Waals surface area contributed by atoms with Gasteiger partial charge in [0.15, 0.2) is 0 Å². The molecule has 1 heterocycles. The zero-order valence-electron chi connectivity index (χ0n) is 11.8. The molecule has 1 aromatic carbocycles. The summed E-state index contributed by atoms with van der Waals surface area (Å²) >= 11 is 0. The Labute approximate surface area is 117 Å². The fourth-order valence-electron chi connectivity index (χ4n) is 2.61. The number of carbonyl (C=O) groups excluding carboxylic acids is 2. The number of hydrogen-bond donors (Lipinski definition) is 0. The number of rotatable bonds is 4. The van der Waals surface area contributed by atoms with E-state index in [2.05, 4.69) is 6.58 Å². The van der Waals surface area contributed by atoms with Crippen LogP contribution < -0.4 is 9.64 Å². The van der Waals surface area contributed by atoms with E-state index >= 15 is 0 Å². The monoisotopic (exact) mass is 275 g/mol. The van der Waals surface area contributed by atoms with E-state index in [9.17, 15) is 9.59 Å². The maximum absolute atomic E-state index is 12.7. The molecule has 1 aliphatic heterocycles. The minimum Gasteiger partial charge on any atom is -0.497 e. The van der Waals surface area contributed by atoms with Crippen LogP contribution in [0.25, 0.3) is 0 Å². The molecule has 0 fully saturated rings. The zero-order valence-corrected chi connectivity index (χ0v) is 11.8. The molecule has 0 spiro atoms. The number of nitrogens with zero attached hydrogens (tertiary/aromatic N) is 1. The highest BCUT2D eigenvalue weighted by Crippen LogP contribution is 2.42. The van der Waals surface area contributed by atoms with Gasteiger partial charge in [0.25, 0.3) is 0 Å². The highest BCUT2D eigenvalue weighted by molar-refractivity contribution is 6.25. The number of fused-ring (bicyclic) bond motifs is 1. The topological polar surface area (TPSA) is 55.8 Å². The lowest BCUT2D eigenvalue weighted by Crippen LogP contribution is -2.55. The zero-order chi connectivity index (χ0) is 14.9. The summed E-state index contributed by atoms with van der Waals surface area (Å²) in [5.41, 5.74) is -0.229. The molecule has 1 aliphatic rings. The van der Waals surface area contributed by atoms with Crippen molar-refractivity contribution in [3.05, 3.63) is 36.4 Å². The van der Waals surface area contributed by atoms with Gasteiger partial charge in [-0.05, 0) is 12.1 Å². The van der Waals surface area contributed by atoms with Crippen LogP contribution in [0.3, 0.4) is 0 Å². The Morgan fingerprint density at radius 3 is 2.70 bits per heavy atom. The lowest BCUT2D eigenvalue weighted by Gasteiger charge is -2.32. The van der Waals surface area contributed by atoms with Crippen LogP contribution in [0.5, 0.6) is 5.75 Å². The number of carbonyl (C=O) groups is 2. The number of Topliss-reactive ketones (excluding diaryl/α,β-unsaturated/α-hetero) is 1. The minimum atomic E-state index is -1.37. The van der Waals surface area contributed by atoms with Crippen molar-refractivity contribution in [3.63, 3.8) is 0 Å². The molecule has 0 N–H and O–H groups in total. The highest BCUT2D eigenvalue weighted by Gasteiger charge is 2.55. The number of methoxy groups -OCH3 is 2. The standard InChI is InChI=1S/C15H17NO4/c1-5-8-15(14(18)20-4)13(17)11-7-6-10(19-3)9-12(11)16(15)2/h5-7,9H,1,8H2,2-4H3. The molecular weight excluding hydrogens is 258 g/mol. The van der Waals surface area contributed by atoms with Crippen LogP contribution in [-0.4, -0.2) is 38.6 Å². The number of anilines is 1. The molecule has 5 heteroatoms. The average Bonchev–Trinajstić information content (AvgIpc) is 2.69. The molecule has 20 heavy (non-hydrogen) atoms. The van der Waals surface area contributed by atoms with Crippen LogP contribution >= 0.6 is 0 Å². The molecule has 5 nitrogen and oxygen atoms in total. The number of ether oxygens (including phenoxy) is 2. The highest BCUT2D eigenvalue weighted by atomic mass is 16.5. The van der Waals surface area contributed by atoms with Crippen LogP contribution in [-0.2, 0) is 9.53 Å². The molecule has 106 valence electrons. The summed E-state index contributed by atoms with van der Waals surface area (Å²) in [7, 11) is 4.53. The average molecular weight is 275 g/mol. The summed E-state index contributed by atoms with van der Waals surface area (Å²) in [4.78, 5) is 26.5. The molecule has 0 saturated heterocycles. The van der Waals surface area contributed by atoms with Crippen molar-refractivity contribution < 1.29 is 19.1 Å². The third-order valence-corrected chi connectivity index (χ3v) is 3.72. The van der Waals surface area contributed by atoms with E-state index in [1.165, 1.54) is 7.11 Å². The van der Waals surface area contributed by atoms with Gasteiger partial charge in [0.1, 0.15) is 5.75 Å². The lowest BCUT2D eigenvalue weighted by atomic mass is 9.89. The summed E-state index contributed by atoms with van der Waals surface area (Å²) in [6, 6.07) is 5.10. The first-order chi connectivity index (χ1) is 9.52. The predicted molar refractivity (Wildman–Crippen MR) is 75.3 cm³/mol. The van der Waals surface area contributed by atoms with Crippen LogP contribution in [0.15, 0.2) is 30.9 Å². The molecule has 1 aromatic rings. The second-order valence-electron chi connectivity index (χ2n) is 4.62. The Kier molecular flexibility index (Phi) is 3.53. The largest absolute Gasteiger partial charge is 0.497 e. The van der Waals surface area contributed by atoms with Crippen LogP contribution in [0.4, 0.5) is 5.69 Å². The minimum absolute atomic E-state index is 0.187. The maximum atomic E-state index is 12.7. The molecule has 1 atom stereocenters. The van der Waals surface area contributed by atoms with Crippen molar-refractivity contribution in [1.29, 1.82) is 0 Å². The quantitative estimate of drug-likeness (QED) is 0.476. The van der Waals surface area contributed by atoms with Gasteiger partial charge < -0.3 is 14.4 Å². The fraction of sp³-hybridized carbons (Fsp3) is 0.333. The second kappa shape index (κ2) is 5.00. The third kappa shape index (κ3) is 1.70. The van der Waals surface area contributed by atoms with Crippen molar-refractivity contribution in [2.75, 3.05) is 26.2 Å². The maximum Gasteiger partial charge on any atom is 0.340 e. The molecule has 0 radical (unpaired) electrons. The Morgan fingerprint density at radius 2 is 2.15 bits per heavy atom. The number of benzene rings is 1. The number of ketones is 1. The summed E-state index contributed by atoms with van der Waals surface area (Å²) in [5.74, 6) is -0.230. The molecule has 2 rings (SSSR count). The second-order valence-corrected chi connectivity index (χ2v) is 4.62. The summed E-state index contributed by atoms with van der Waals surface area (Å²) in [5, 5.41) is 0. The molecule has 0 aliphatic carbocycles. The Bertz CT molecular complexity index is 581. The first kappa shape index (κ1) is 14.1.